The lowest BCUT2D eigenvalue weighted by Crippen LogP contribution is -2.07. The van der Waals surface area contributed by atoms with E-state index in [-0.39, 0.29) is 5.78 Å². The molecule has 0 N–H and O–H groups in total. The van der Waals surface area contributed by atoms with E-state index in [1.54, 1.807) is 24.3 Å². The second-order valence-corrected chi connectivity index (χ2v) is 6.06. The summed E-state index contributed by atoms with van der Waals surface area (Å²) in [6, 6.07) is 12.6. The molecule has 2 aromatic carbocycles. The Morgan fingerprint density at radius 2 is 1.27 bits per heavy atom. The number of rotatable bonds is 11. The Bertz CT molecular complexity index is 692. The summed E-state index contributed by atoms with van der Waals surface area (Å²) in [4.78, 5) is 12.9. The lowest BCUT2D eigenvalue weighted by Gasteiger charge is -2.13. The van der Waals surface area contributed by atoms with Crippen LogP contribution in [0.2, 0.25) is 0 Å². The molecule has 0 bridgehead atoms. The van der Waals surface area contributed by atoms with Crippen LogP contribution in [0.15, 0.2) is 42.5 Å². The van der Waals surface area contributed by atoms with Crippen LogP contribution >= 0.6 is 0 Å². The van der Waals surface area contributed by atoms with Gasteiger partial charge >= 0.3 is 0 Å². The van der Waals surface area contributed by atoms with E-state index in [0.29, 0.717) is 36.7 Å². The summed E-state index contributed by atoms with van der Waals surface area (Å²) in [6.07, 6.45) is 2.75. The Balaban J connectivity index is 2.22. The first-order valence-corrected chi connectivity index (χ1v) is 9.36. The number of carbonyl (C=O) groups is 1. The monoisotopic (exact) mass is 356 g/mol. The van der Waals surface area contributed by atoms with Crippen LogP contribution in [0.3, 0.4) is 0 Å². The van der Waals surface area contributed by atoms with Crippen LogP contribution in [0.25, 0.3) is 0 Å². The summed E-state index contributed by atoms with van der Waals surface area (Å²) in [7, 11) is 0. The van der Waals surface area contributed by atoms with Gasteiger partial charge in [-0.3, -0.25) is 4.79 Å². The highest BCUT2D eigenvalue weighted by Gasteiger charge is 2.16. The molecule has 0 spiro atoms. The molecule has 4 nitrogen and oxygen atoms in total. The highest BCUT2D eigenvalue weighted by atomic mass is 16.5. The molecule has 0 fully saturated rings. The van der Waals surface area contributed by atoms with Crippen LogP contribution in [0.1, 0.15) is 56.0 Å². The second-order valence-electron chi connectivity index (χ2n) is 6.06. The van der Waals surface area contributed by atoms with Gasteiger partial charge < -0.3 is 14.2 Å². The lowest BCUT2D eigenvalue weighted by molar-refractivity contribution is 0.103. The van der Waals surface area contributed by atoms with Gasteiger partial charge in [-0.1, -0.05) is 20.8 Å². The third-order valence-electron chi connectivity index (χ3n) is 3.72. The van der Waals surface area contributed by atoms with Crippen molar-refractivity contribution in [3.63, 3.8) is 0 Å². The van der Waals surface area contributed by atoms with Crippen LogP contribution in [-0.4, -0.2) is 25.6 Å². The van der Waals surface area contributed by atoms with Gasteiger partial charge in [-0.15, -0.1) is 0 Å². The maximum absolute atomic E-state index is 12.9. The maximum Gasteiger partial charge on any atom is 0.196 e. The minimum absolute atomic E-state index is 0.0693. The van der Waals surface area contributed by atoms with Crippen molar-refractivity contribution in [1.29, 1.82) is 0 Å². The van der Waals surface area contributed by atoms with Crippen LogP contribution in [0.4, 0.5) is 0 Å². The highest BCUT2D eigenvalue weighted by Crippen LogP contribution is 2.28. The normalized spacial score (nSPS) is 10.4. The smallest absolute Gasteiger partial charge is 0.196 e. The molecule has 0 saturated heterocycles. The number of benzene rings is 2. The van der Waals surface area contributed by atoms with Crippen molar-refractivity contribution in [2.45, 2.75) is 40.0 Å². The summed E-state index contributed by atoms with van der Waals surface area (Å²) in [5, 5.41) is 0. The first-order valence-electron chi connectivity index (χ1n) is 9.36. The zero-order valence-corrected chi connectivity index (χ0v) is 15.9. The van der Waals surface area contributed by atoms with Gasteiger partial charge in [-0.25, -0.2) is 0 Å². The number of ketones is 1. The molecule has 4 heteroatoms. The number of hydrogen-bond acceptors (Lipinski definition) is 4. The molecule has 0 saturated carbocycles. The highest BCUT2D eigenvalue weighted by molar-refractivity contribution is 6.10. The molecule has 0 aliphatic carbocycles. The van der Waals surface area contributed by atoms with Crippen molar-refractivity contribution in [3.05, 3.63) is 53.6 Å². The largest absolute Gasteiger partial charge is 0.494 e. The fourth-order valence-corrected chi connectivity index (χ4v) is 2.41. The number of carbonyl (C=O) groups excluding carboxylic acids is 1. The molecular weight excluding hydrogens is 328 g/mol. The summed E-state index contributed by atoms with van der Waals surface area (Å²) >= 11 is 0. The zero-order chi connectivity index (χ0) is 18.8. The Hall–Kier alpha value is -2.49. The van der Waals surface area contributed by atoms with E-state index in [4.69, 9.17) is 14.2 Å². The van der Waals surface area contributed by atoms with Crippen LogP contribution in [0.5, 0.6) is 17.2 Å². The Morgan fingerprint density at radius 3 is 1.88 bits per heavy atom. The fourth-order valence-electron chi connectivity index (χ4n) is 2.41. The van der Waals surface area contributed by atoms with Crippen LogP contribution < -0.4 is 14.2 Å². The molecule has 0 radical (unpaired) electrons. The summed E-state index contributed by atoms with van der Waals surface area (Å²) in [5.74, 6) is 1.99. The molecular formula is C22H28O4. The molecule has 2 rings (SSSR count). The van der Waals surface area contributed by atoms with Gasteiger partial charge in [0.1, 0.15) is 17.2 Å². The predicted molar refractivity (Wildman–Crippen MR) is 104 cm³/mol. The van der Waals surface area contributed by atoms with E-state index >= 15 is 0 Å². The van der Waals surface area contributed by atoms with Crippen molar-refractivity contribution in [3.8, 4) is 17.2 Å². The quantitative estimate of drug-likeness (QED) is 0.514. The molecule has 26 heavy (non-hydrogen) atoms. The minimum atomic E-state index is -0.0693. The van der Waals surface area contributed by atoms with E-state index < -0.39 is 0 Å². The van der Waals surface area contributed by atoms with Gasteiger partial charge in [0.15, 0.2) is 5.78 Å². The van der Waals surface area contributed by atoms with E-state index in [0.717, 1.165) is 30.8 Å². The molecule has 0 aliphatic rings. The molecule has 0 atom stereocenters. The summed E-state index contributed by atoms with van der Waals surface area (Å²) < 4.78 is 17.0. The Morgan fingerprint density at radius 1 is 0.731 bits per heavy atom. The van der Waals surface area contributed by atoms with Crippen molar-refractivity contribution >= 4 is 5.78 Å². The topological polar surface area (TPSA) is 44.8 Å². The molecule has 0 amide bonds. The van der Waals surface area contributed by atoms with E-state index in [1.165, 1.54) is 0 Å². The first kappa shape index (κ1) is 19.8. The van der Waals surface area contributed by atoms with Gasteiger partial charge in [0, 0.05) is 11.6 Å². The standard InChI is InChI=1S/C22H28O4/c1-4-13-24-18-9-7-17(8-10-18)22(23)20-12-11-19(25-14-5-2)16-21(20)26-15-6-3/h7-12,16H,4-6,13-15H2,1-3H3. The van der Waals surface area contributed by atoms with Crippen LogP contribution in [-0.2, 0) is 0 Å². The van der Waals surface area contributed by atoms with Gasteiger partial charge in [0.25, 0.3) is 0 Å². The first-order chi connectivity index (χ1) is 12.7. The second kappa shape index (κ2) is 10.5. The number of hydrogen-bond donors (Lipinski definition) is 0. The van der Waals surface area contributed by atoms with Gasteiger partial charge in [-0.2, -0.15) is 0 Å². The van der Waals surface area contributed by atoms with Gasteiger partial charge in [0.2, 0.25) is 0 Å². The molecule has 2 aromatic rings. The minimum Gasteiger partial charge on any atom is -0.494 e. The zero-order valence-electron chi connectivity index (χ0n) is 15.9. The molecule has 0 aliphatic heterocycles. The van der Waals surface area contributed by atoms with Crippen molar-refractivity contribution in [2.75, 3.05) is 19.8 Å². The van der Waals surface area contributed by atoms with Crippen molar-refractivity contribution < 1.29 is 19.0 Å². The SMILES string of the molecule is CCCOc1ccc(C(=O)c2ccc(OCCC)cc2OCCC)cc1. The molecule has 140 valence electrons. The predicted octanol–water partition coefficient (Wildman–Crippen LogP) is 5.28. The third kappa shape index (κ3) is 5.51. The Kier molecular flexibility index (Phi) is 8.00. The summed E-state index contributed by atoms with van der Waals surface area (Å²) in [6.45, 7) is 8.01. The van der Waals surface area contributed by atoms with Crippen LogP contribution in [0, 0.1) is 0 Å². The third-order valence-corrected chi connectivity index (χ3v) is 3.72. The molecule has 0 unspecified atom stereocenters. The van der Waals surface area contributed by atoms with Gasteiger partial charge in [0.05, 0.1) is 25.4 Å². The fraction of sp³-hybridized carbons (Fsp3) is 0.409. The van der Waals surface area contributed by atoms with Crippen molar-refractivity contribution in [1.82, 2.24) is 0 Å². The Labute approximate surface area is 156 Å². The average Bonchev–Trinajstić information content (AvgIpc) is 2.69. The maximum atomic E-state index is 12.9. The number of ether oxygens (including phenoxy) is 3. The van der Waals surface area contributed by atoms with E-state index in [9.17, 15) is 4.79 Å². The van der Waals surface area contributed by atoms with E-state index in [2.05, 4.69) is 13.8 Å². The van der Waals surface area contributed by atoms with Crippen molar-refractivity contribution in [2.24, 2.45) is 0 Å². The van der Waals surface area contributed by atoms with Gasteiger partial charge in [-0.05, 0) is 55.7 Å². The summed E-state index contributed by atoms with van der Waals surface area (Å²) in [5.41, 5.74) is 1.15. The van der Waals surface area contributed by atoms with E-state index in [1.807, 2.05) is 25.1 Å². The average molecular weight is 356 g/mol. The molecule has 0 aromatic heterocycles. The molecule has 0 heterocycles. The lowest BCUT2D eigenvalue weighted by atomic mass is 10.0.